The molecule has 0 heterocycles. The van der Waals surface area contributed by atoms with E-state index in [1.807, 2.05) is 19.9 Å². The number of hydrogen-bond acceptors (Lipinski definition) is 3. The molecule has 0 aliphatic rings. The van der Waals surface area contributed by atoms with Crippen molar-refractivity contribution < 1.29 is 14.0 Å². The van der Waals surface area contributed by atoms with Gasteiger partial charge >= 0.3 is 8.25 Å². The van der Waals surface area contributed by atoms with Gasteiger partial charge < -0.3 is 0 Å². The Kier molecular flexibility index (Phi) is 4.52. The van der Waals surface area contributed by atoms with Gasteiger partial charge in [0, 0.05) is 15.3 Å². The lowest BCUT2D eigenvalue weighted by atomic mass is 10.1. The highest BCUT2D eigenvalue weighted by atomic mass is 31.1. The molecular weight excluding hydrogens is 239 g/mol. The number of aryl methyl sites for hydroxylation is 2. The summed E-state index contributed by atoms with van der Waals surface area (Å²) < 4.78 is 13.6. The molecular formula is C12H16O4P+. The largest absolute Gasteiger partial charge is 0.694 e. The van der Waals surface area contributed by atoms with Crippen molar-refractivity contribution in [2.75, 3.05) is 6.61 Å². The fraction of sp³-hybridized carbons (Fsp3) is 0.417. The monoisotopic (exact) mass is 255 g/mol. The van der Waals surface area contributed by atoms with Crippen LogP contribution in [0.2, 0.25) is 0 Å². The van der Waals surface area contributed by atoms with Crippen molar-refractivity contribution in [3.8, 4) is 0 Å². The van der Waals surface area contributed by atoms with E-state index in [1.165, 1.54) is 16.7 Å². The molecule has 0 saturated heterocycles. The van der Waals surface area contributed by atoms with Crippen molar-refractivity contribution in [3.05, 3.63) is 33.0 Å². The van der Waals surface area contributed by atoms with E-state index in [0.717, 1.165) is 10.8 Å². The van der Waals surface area contributed by atoms with Crippen molar-refractivity contribution in [2.24, 2.45) is 0 Å². The average molecular weight is 255 g/mol. The Balaban J connectivity index is 0.000000209. The average Bonchev–Trinajstić information content (AvgIpc) is 2.87. The minimum absolute atomic E-state index is 0.249. The maximum Gasteiger partial charge on any atom is 0.694 e. The van der Waals surface area contributed by atoms with Crippen molar-refractivity contribution in [2.45, 2.75) is 27.7 Å². The Morgan fingerprint density at radius 3 is 2.29 bits per heavy atom. The van der Waals surface area contributed by atoms with Gasteiger partial charge in [0.25, 0.3) is 0 Å². The molecule has 1 unspecified atom stereocenters. The van der Waals surface area contributed by atoms with Crippen LogP contribution in [0, 0.1) is 20.8 Å². The molecule has 2 rings (SSSR count). The Bertz CT molecular complexity index is 564. The highest BCUT2D eigenvalue weighted by molar-refractivity contribution is 7.32. The summed E-state index contributed by atoms with van der Waals surface area (Å²) in [5.41, 5.74) is 3.91. The molecule has 0 radical (unpaired) electrons. The molecule has 0 saturated carbocycles. The van der Waals surface area contributed by atoms with Gasteiger partial charge in [0.2, 0.25) is 0 Å². The lowest BCUT2D eigenvalue weighted by molar-refractivity contribution is 0.297. The molecule has 0 amide bonds. The topological polar surface area (TPSA) is 63.6 Å². The molecule has 5 heteroatoms. The highest BCUT2D eigenvalue weighted by Crippen LogP contribution is 2.25. The first-order valence-corrected chi connectivity index (χ1v) is 6.47. The van der Waals surface area contributed by atoms with Gasteiger partial charge in [-0.05, 0) is 50.5 Å². The standard InChI is InChI=1S/C10H10O.C2H5O3P/c1-5-4-8-9(10(8)11)7(3)6(5)2;1-2-5-6(3)4/h4H,1-3H3;2H2,1H3/p+1. The number of hydrogen-bond donors (Lipinski definition) is 1. The molecule has 1 N–H and O–H groups in total. The predicted octanol–water partition coefficient (Wildman–Crippen LogP) is 2.67. The second-order valence-electron chi connectivity index (χ2n) is 3.85. The Morgan fingerprint density at radius 1 is 1.29 bits per heavy atom. The lowest BCUT2D eigenvalue weighted by Crippen LogP contribution is -1.81. The smallest absolute Gasteiger partial charge is 0.289 e. The summed E-state index contributed by atoms with van der Waals surface area (Å²) in [7, 11) is -2.35. The van der Waals surface area contributed by atoms with E-state index >= 15 is 0 Å². The van der Waals surface area contributed by atoms with Gasteiger partial charge in [-0.15, -0.1) is 9.42 Å². The number of rotatable bonds is 2. The molecule has 0 fully saturated rings. The van der Waals surface area contributed by atoms with E-state index in [0.29, 0.717) is 6.61 Å². The Morgan fingerprint density at radius 2 is 1.88 bits per heavy atom. The van der Waals surface area contributed by atoms with Gasteiger partial charge in [-0.3, -0.25) is 4.79 Å². The van der Waals surface area contributed by atoms with Crippen LogP contribution in [-0.2, 0) is 9.09 Å². The highest BCUT2D eigenvalue weighted by Gasteiger charge is 2.16. The van der Waals surface area contributed by atoms with Crippen LogP contribution in [0.3, 0.4) is 0 Å². The SMILES string of the molecule is CCO[P+](=O)O.Cc1cc2c(=O)c2c(C)c1C. The molecule has 92 valence electrons. The zero-order valence-corrected chi connectivity index (χ0v) is 11.3. The molecule has 0 aliphatic heterocycles. The molecule has 0 aliphatic carbocycles. The first kappa shape index (κ1) is 14.0. The minimum Gasteiger partial charge on any atom is -0.289 e. The van der Waals surface area contributed by atoms with Gasteiger partial charge in [-0.1, -0.05) is 0 Å². The normalized spacial score (nSPS) is 11.5. The van der Waals surface area contributed by atoms with Crippen molar-refractivity contribution in [1.82, 2.24) is 0 Å². The van der Waals surface area contributed by atoms with Crippen molar-refractivity contribution in [1.29, 1.82) is 0 Å². The molecule has 4 nitrogen and oxygen atoms in total. The van der Waals surface area contributed by atoms with Crippen LogP contribution in [0.15, 0.2) is 10.9 Å². The zero-order valence-electron chi connectivity index (χ0n) is 10.4. The van der Waals surface area contributed by atoms with E-state index in [4.69, 9.17) is 4.89 Å². The van der Waals surface area contributed by atoms with Gasteiger partial charge in [0.15, 0.2) is 5.43 Å². The van der Waals surface area contributed by atoms with Crippen LogP contribution < -0.4 is 5.43 Å². The minimum atomic E-state index is -2.35. The van der Waals surface area contributed by atoms with E-state index in [-0.39, 0.29) is 5.43 Å². The second kappa shape index (κ2) is 5.50. The zero-order chi connectivity index (χ0) is 13.2. The van der Waals surface area contributed by atoms with Crippen LogP contribution >= 0.6 is 8.25 Å². The third-order valence-corrected chi connectivity index (χ3v) is 3.29. The number of fused-ring (bicyclic) bond motifs is 1. The molecule has 2 aromatic rings. The first-order valence-electron chi connectivity index (χ1n) is 5.34. The summed E-state index contributed by atoms with van der Waals surface area (Å²) in [6.45, 7) is 8.09. The molecule has 0 spiro atoms. The Hall–Kier alpha value is -1.09. The summed E-state index contributed by atoms with van der Waals surface area (Å²) in [5.74, 6) is 0. The third kappa shape index (κ3) is 3.19. The van der Waals surface area contributed by atoms with Crippen LogP contribution in [0.25, 0.3) is 10.8 Å². The third-order valence-electron chi connectivity index (χ3n) is 2.81. The van der Waals surface area contributed by atoms with E-state index in [9.17, 15) is 9.36 Å². The maximum atomic E-state index is 11.1. The molecule has 1 atom stereocenters. The van der Waals surface area contributed by atoms with Gasteiger partial charge in [-0.25, -0.2) is 0 Å². The summed E-state index contributed by atoms with van der Waals surface area (Å²) in [5, 5.41) is 1.90. The van der Waals surface area contributed by atoms with Gasteiger partial charge in [0.05, 0.1) is 0 Å². The maximum absolute atomic E-state index is 11.1. The summed E-state index contributed by atoms with van der Waals surface area (Å²) >= 11 is 0. The van der Waals surface area contributed by atoms with Crippen LogP contribution in [0.5, 0.6) is 0 Å². The molecule has 0 bridgehead atoms. The molecule has 2 aromatic carbocycles. The summed E-state index contributed by atoms with van der Waals surface area (Å²) in [6, 6.07) is 1.99. The van der Waals surface area contributed by atoms with Crippen LogP contribution in [-0.4, -0.2) is 11.5 Å². The van der Waals surface area contributed by atoms with Crippen LogP contribution in [0.4, 0.5) is 0 Å². The van der Waals surface area contributed by atoms with Gasteiger partial charge in [0.1, 0.15) is 6.61 Å². The van der Waals surface area contributed by atoms with E-state index in [1.54, 1.807) is 6.92 Å². The fourth-order valence-electron chi connectivity index (χ4n) is 1.61. The van der Waals surface area contributed by atoms with Crippen LogP contribution in [0.1, 0.15) is 23.6 Å². The summed E-state index contributed by atoms with van der Waals surface area (Å²) in [6.07, 6.45) is 0. The fourth-order valence-corrected chi connectivity index (χ4v) is 1.83. The van der Waals surface area contributed by atoms with Crippen molar-refractivity contribution in [3.63, 3.8) is 0 Å². The predicted molar refractivity (Wildman–Crippen MR) is 68.3 cm³/mol. The lowest BCUT2D eigenvalue weighted by Gasteiger charge is -1.99. The molecule has 17 heavy (non-hydrogen) atoms. The van der Waals surface area contributed by atoms with Crippen molar-refractivity contribution >= 4 is 19.0 Å². The molecule has 0 aromatic heterocycles. The van der Waals surface area contributed by atoms with E-state index < -0.39 is 8.25 Å². The Labute approximate surface area is 101 Å². The first-order chi connectivity index (χ1) is 7.90. The van der Waals surface area contributed by atoms with E-state index in [2.05, 4.69) is 11.4 Å². The quantitative estimate of drug-likeness (QED) is 0.838. The van der Waals surface area contributed by atoms with Gasteiger partial charge in [-0.2, -0.15) is 0 Å². The second-order valence-corrected chi connectivity index (χ2v) is 4.58. The number of benzene rings is 1. The summed E-state index contributed by atoms with van der Waals surface area (Å²) in [4.78, 5) is 18.9.